The van der Waals surface area contributed by atoms with Gasteiger partial charge in [-0.1, -0.05) is 26.8 Å². The third kappa shape index (κ3) is 4.31. The van der Waals surface area contributed by atoms with Gasteiger partial charge in [0.25, 0.3) is 0 Å². The first-order valence-corrected chi connectivity index (χ1v) is 9.92. The molecule has 0 atom stereocenters. The maximum atomic E-state index is 11.5. The number of hydrogen-bond donors (Lipinski definition) is 0. The lowest BCUT2D eigenvalue weighted by molar-refractivity contribution is 0.0600. The van der Waals surface area contributed by atoms with E-state index in [1.54, 1.807) is 19.2 Å². The number of methoxy groups -OCH3 is 2. The molecule has 118 valence electrons. The minimum Gasteiger partial charge on any atom is -0.496 e. The van der Waals surface area contributed by atoms with Gasteiger partial charge in [0.15, 0.2) is 8.32 Å². The summed E-state index contributed by atoms with van der Waals surface area (Å²) in [5.74, 6) is 0.279. The molecular formula is C16H26O4Si. The Balaban J connectivity index is 2.92. The zero-order chi connectivity index (χ0) is 16.3. The SMILES string of the molecule is COC(=O)c1ccc(CO[Si](C)(C)C(C)(C)C)c(OC)c1. The predicted molar refractivity (Wildman–Crippen MR) is 86.3 cm³/mol. The quantitative estimate of drug-likeness (QED) is 0.609. The van der Waals surface area contributed by atoms with Crippen molar-refractivity contribution < 1.29 is 18.7 Å². The van der Waals surface area contributed by atoms with Crippen LogP contribution in [0.5, 0.6) is 5.75 Å². The van der Waals surface area contributed by atoms with E-state index in [0.29, 0.717) is 17.9 Å². The first kappa shape index (κ1) is 17.7. The Morgan fingerprint density at radius 3 is 2.29 bits per heavy atom. The van der Waals surface area contributed by atoms with E-state index in [4.69, 9.17) is 13.9 Å². The van der Waals surface area contributed by atoms with Crippen molar-refractivity contribution in [1.82, 2.24) is 0 Å². The average molecular weight is 310 g/mol. The minimum atomic E-state index is -1.81. The summed E-state index contributed by atoms with van der Waals surface area (Å²) >= 11 is 0. The van der Waals surface area contributed by atoms with Crippen LogP contribution in [-0.4, -0.2) is 28.5 Å². The van der Waals surface area contributed by atoms with Crippen LogP contribution in [0.2, 0.25) is 18.1 Å². The van der Waals surface area contributed by atoms with Crippen molar-refractivity contribution in [1.29, 1.82) is 0 Å². The Bertz CT molecular complexity index is 503. The fourth-order valence-electron chi connectivity index (χ4n) is 1.58. The summed E-state index contributed by atoms with van der Waals surface area (Å²) in [5, 5.41) is 0.159. The molecule has 0 saturated heterocycles. The highest BCUT2D eigenvalue weighted by molar-refractivity contribution is 6.74. The Kier molecular flexibility index (Phi) is 5.59. The summed E-state index contributed by atoms with van der Waals surface area (Å²) < 4.78 is 16.3. The van der Waals surface area contributed by atoms with Crippen molar-refractivity contribution in [3.05, 3.63) is 29.3 Å². The molecule has 0 aromatic heterocycles. The van der Waals surface area contributed by atoms with Gasteiger partial charge >= 0.3 is 5.97 Å². The molecule has 5 heteroatoms. The molecular weight excluding hydrogens is 284 g/mol. The fourth-order valence-corrected chi connectivity index (χ4v) is 2.53. The zero-order valence-electron chi connectivity index (χ0n) is 14.1. The average Bonchev–Trinajstić information content (AvgIpc) is 2.42. The molecule has 0 N–H and O–H groups in total. The lowest BCUT2D eigenvalue weighted by atomic mass is 10.1. The van der Waals surface area contributed by atoms with Crippen molar-refractivity contribution in [2.24, 2.45) is 0 Å². The molecule has 0 aliphatic carbocycles. The third-order valence-corrected chi connectivity index (χ3v) is 8.58. The van der Waals surface area contributed by atoms with Crippen molar-refractivity contribution in [2.45, 2.75) is 45.5 Å². The molecule has 0 saturated carbocycles. The molecule has 1 aromatic rings. The minimum absolute atomic E-state index is 0.159. The number of ether oxygens (including phenoxy) is 2. The van der Waals surface area contributed by atoms with Gasteiger partial charge < -0.3 is 13.9 Å². The monoisotopic (exact) mass is 310 g/mol. The van der Waals surface area contributed by atoms with E-state index >= 15 is 0 Å². The highest BCUT2D eigenvalue weighted by atomic mass is 28.4. The summed E-state index contributed by atoms with van der Waals surface area (Å²) in [5.41, 5.74) is 1.42. The summed E-state index contributed by atoms with van der Waals surface area (Å²) in [4.78, 5) is 11.5. The van der Waals surface area contributed by atoms with E-state index in [-0.39, 0.29) is 11.0 Å². The number of benzene rings is 1. The number of esters is 1. The molecule has 4 nitrogen and oxygen atoms in total. The molecule has 1 rings (SSSR count). The van der Waals surface area contributed by atoms with Crippen LogP contribution < -0.4 is 4.74 Å². The van der Waals surface area contributed by atoms with Gasteiger partial charge in [-0.15, -0.1) is 0 Å². The Labute approximate surface area is 128 Å². The second-order valence-electron chi connectivity index (χ2n) is 6.57. The van der Waals surface area contributed by atoms with Crippen LogP contribution in [-0.2, 0) is 15.8 Å². The van der Waals surface area contributed by atoms with E-state index in [2.05, 4.69) is 33.9 Å². The lowest BCUT2D eigenvalue weighted by Gasteiger charge is -2.36. The maximum Gasteiger partial charge on any atom is 0.337 e. The summed E-state index contributed by atoms with van der Waals surface area (Å²) in [6.45, 7) is 11.5. The van der Waals surface area contributed by atoms with Crippen LogP contribution in [0.1, 0.15) is 36.7 Å². The van der Waals surface area contributed by atoms with Gasteiger partial charge in [0.05, 0.1) is 26.4 Å². The molecule has 0 unspecified atom stereocenters. The van der Waals surface area contributed by atoms with Gasteiger partial charge in [-0.2, -0.15) is 0 Å². The Hall–Kier alpha value is -1.33. The van der Waals surface area contributed by atoms with Crippen LogP contribution in [0, 0.1) is 0 Å². The van der Waals surface area contributed by atoms with Gasteiger partial charge in [-0.25, -0.2) is 4.79 Å². The van der Waals surface area contributed by atoms with Crippen LogP contribution in [0.25, 0.3) is 0 Å². The lowest BCUT2D eigenvalue weighted by Crippen LogP contribution is -2.40. The summed E-state index contributed by atoms with van der Waals surface area (Å²) in [7, 11) is 1.14. The smallest absolute Gasteiger partial charge is 0.337 e. The number of carbonyl (C=O) groups excluding carboxylic acids is 1. The van der Waals surface area contributed by atoms with E-state index < -0.39 is 8.32 Å². The van der Waals surface area contributed by atoms with Gasteiger partial charge in [-0.3, -0.25) is 0 Å². The summed E-state index contributed by atoms with van der Waals surface area (Å²) in [6, 6.07) is 5.28. The van der Waals surface area contributed by atoms with Crippen LogP contribution in [0.3, 0.4) is 0 Å². The molecule has 0 radical (unpaired) electrons. The molecule has 0 aliphatic heterocycles. The Morgan fingerprint density at radius 2 is 1.81 bits per heavy atom. The highest BCUT2D eigenvalue weighted by Crippen LogP contribution is 2.37. The summed E-state index contributed by atoms with van der Waals surface area (Å²) in [6.07, 6.45) is 0. The normalized spacial score (nSPS) is 12.1. The second-order valence-corrected chi connectivity index (χ2v) is 11.4. The number of carbonyl (C=O) groups is 1. The van der Waals surface area contributed by atoms with Crippen molar-refractivity contribution in [3.8, 4) is 5.75 Å². The van der Waals surface area contributed by atoms with Crippen LogP contribution in [0.4, 0.5) is 0 Å². The van der Waals surface area contributed by atoms with Crippen LogP contribution in [0.15, 0.2) is 18.2 Å². The van der Waals surface area contributed by atoms with Gasteiger partial charge in [0, 0.05) is 5.56 Å². The highest BCUT2D eigenvalue weighted by Gasteiger charge is 2.37. The van der Waals surface area contributed by atoms with Crippen molar-refractivity contribution in [3.63, 3.8) is 0 Å². The molecule has 21 heavy (non-hydrogen) atoms. The molecule has 0 fully saturated rings. The van der Waals surface area contributed by atoms with Gasteiger partial charge in [0.1, 0.15) is 5.75 Å². The predicted octanol–water partition coefficient (Wildman–Crippen LogP) is 4.00. The van der Waals surface area contributed by atoms with Crippen LogP contribution >= 0.6 is 0 Å². The third-order valence-electron chi connectivity index (χ3n) is 4.10. The van der Waals surface area contributed by atoms with Crippen molar-refractivity contribution >= 4 is 14.3 Å². The van der Waals surface area contributed by atoms with E-state index in [0.717, 1.165) is 5.56 Å². The Morgan fingerprint density at radius 1 is 1.19 bits per heavy atom. The largest absolute Gasteiger partial charge is 0.496 e. The first-order valence-electron chi connectivity index (χ1n) is 7.01. The van der Waals surface area contributed by atoms with E-state index in [9.17, 15) is 4.79 Å². The molecule has 1 aromatic carbocycles. The zero-order valence-corrected chi connectivity index (χ0v) is 15.1. The number of hydrogen-bond acceptors (Lipinski definition) is 4. The van der Waals surface area contributed by atoms with E-state index in [1.807, 2.05) is 6.07 Å². The topological polar surface area (TPSA) is 44.8 Å². The van der Waals surface area contributed by atoms with E-state index in [1.165, 1.54) is 7.11 Å². The molecule has 0 heterocycles. The fraction of sp³-hybridized carbons (Fsp3) is 0.562. The second kappa shape index (κ2) is 6.62. The van der Waals surface area contributed by atoms with Gasteiger partial charge in [0.2, 0.25) is 0 Å². The first-order chi connectivity index (χ1) is 9.62. The maximum absolute atomic E-state index is 11.5. The molecule has 0 spiro atoms. The molecule has 0 amide bonds. The van der Waals surface area contributed by atoms with Gasteiger partial charge in [-0.05, 0) is 30.3 Å². The standard InChI is InChI=1S/C16H26O4Si/c1-16(2,3)21(6,7)20-11-13-9-8-12(15(17)19-5)10-14(13)18-4/h8-10H,11H2,1-7H3. The number of rotatable bonds is 5. The molecule has 0 aliphatic rings. The molecule has 0 bridgehead atoms. The van der Waals surface area contributed by atoms with Crippen molar-refractivity contribution in [2.75, 3.05) is 14.2 Å².